The Morgan fingerprint density at radius 3 is 2.78 bits per heavy atom. The molecule has 6 nitrogen and oxygen atoms in total. The van der Waals surface area contributed by atoms with E-state index in [0.29, 0.717) is 19.8 Å². The second kappa shape index (κ2) is 7.61. The second-order valence-corrected chi connectivity index (χ2v) is 6.57. The first-order valence-corrected chi connectivity index (χ1v) is 8.53. The minimum Gasteiger partial charge on any atom is -0.378 e. The molecule has 2 amide bonds. The molecule has 0 bridgehead atoms. The zero-order chi connectivity index (χ0) is 16.1. The Hall–Kier alpha value is -1.86. The van der Waals surface area contributed by atoms with Gasteiger partial charge in [-0.25, -0.2) is 0 Å². The highest BCUT2D eigenvalue weighted by atomic mass is 32.2. The van der Waals surface area contributed by atoms with E-state index in [0.717, 1.165) is 23.8 Å². The van der Waals surface area contributed by atoms with Crippen molar-refractivity contribution in [2.75, 3.05) is 26.3 Å². The van der Waals surface area contributed by atoms with Gasteiger partial charge in [0.2, 0.25) is 5.91 Å². The van der Waals surface area contributed by atoms with E-state index in [1.165, 1.54) is 11.8 Å². The smallest absolute Gasteiger partial charge is 0.262 e. The molecule has 1 aromatic rings. The minimum absolute atomic E-state index is 0.127. The lowest BCUT2D eigenvalue weighted by atomic mass is 10.2. The van der Waals surface area contributed by atoms with Gasteiger partial charge in [-0.05, 0) is 5.56 Å². The molecule has 0 saturated carbocycles. The van der Waals surface area contributed by atoms with Crippen LogP contribution < -0.4 is 5.32 Å². The number of nitrogens with one attached hydrogen (secondary N) is 1. The van der Waals surface area contributed by atoms with E-state index < -0.39 is 5.25 Å². The van der Waals surface area contributed by atoms with Gasteiger partial charge in [0.25, 0.3) is 5.91 Å². The van der Waals surface area contributed by atoms with Gasteiger partial charge in [0.1, 0.15) is 5.25 Å². The van der Waals surface area contributed by atoms with Crippen molar-refractivity contribution in [2.45, 2.75) is 18.2 Å². The van der Waals surface area contributed by atoms with Crippen molar-refractivity contribution in [1.82, 2.24) is 10.2 Å². The van der Waals surface area contributed by atoms with Crippen molar-refractivity contribution >= 4 is 28.7 Å². The molecule has 0 aliphatic carbocycles. The Kier molecular flexibility index (Phi) is 5.30. The van der Waals surface area contributed by atoms with Crippen molar-refractivity contribution < 1.29 is 14.3 Å². The Morgan fingerprint density at radius 2 is 2.04 bits per heavy atom. The van der Waals surface area contributed by atoms with Crippen LogP contribution >= 0.6 is 11.8 Å². The summed E-state index contributed by atoms with van der Waals surface area (Å²) >= 11 is 1.39. The first-order chi connectivity index (χ1) is 11.2. The number of nitrogens with zero attached hydrogens (tertiary/aromatic N) is 2. The fraction of sp³-hybridized carbons (Fsp3) is 0.438. The van der Waals surface area contributed by atoms with Gasteiger partial charge < -0.3 is 15.0 Å². The van der Waals surface area contributed by atoms with Crippen molar-refractivity contribution in [3.63, 3.8) is 0 Å². The maximum Gasteiger partial charge on any atom is 0.262 e. The minimum atomic E-state index is -0.413. The Morgan fingerprint density at radius 1 is 1.30 bits per heavy atom. The van der Waals surface area contributed by atoms with Crippen LogP contribution in [0, 0.1) is 0 Å². The molecule has 0 spiro atoms. The number of carbonyl (C=O) groups is 2. The maximum absolute atomic E-state index is 12.0. The van der Waals surface area contributed by atoms with Crippen LogP contribution in [-0.2, 0) is 20.9 Å². The number of aliphatic imine (C=N–C) groups is 1. The molecule has 2 aliphatic rings. The van der Waals surface area contributed by atoms with Gasteiger partial charge in [-0.1, -0.05) is 42.1 Å². The average Bonchev–Trinajstić information content (AvgIpc) is 2.95. The van der Waals surface area contributed by atoms with Crippen LogP contribution in [0.4, 0.5) is 0 Å². The van der Waals surface area contributed by atoms with Crippen molar-refractivity contribution in [3.8, 4) is 0 Å². The summed E-state index contributed by atoms with van der Waals surface area (Å²) in [5.41, 5.74) is 1.04. The molecule has 2 heterocycles. The van der Waals surface area contributed by atoms with Crippen molar-refractivity contribution in [3.05, 3.63) is 35.9 Å². The van der Waals surface area contributed by atoms with Crippen LogP contribution in [-0.4, -0.2) is 53.4 Å². The Labute approximate surface area is 139 Å². The van der Waals surface area contributed by atoms with E-state index in [9.17, 15) is 9.59 Å². The molecule has 3 rings (SSSR count). The molecule has 0 aromatic heterocycles. The Bertz CT molecular complexity index is 600. The highest BCUT2D eigenvalue weighted by Gasteiger charge is 2.33. The van der Waals surface area contributed by atoms with Gasteiger partial charge in [-0.15, -0.1) is 0 Å². The van der Waals surface area contributed by atoms with E-state index in [2.05, 4.69) is 10.3 Å². The number of morpholine rings is 1. The molecule has 7 heteroatoms. The Balaban J connectivity index is 1.47. The summed E-state index contributed by atoms with van der Waals surface area (Å²) in [6, 6.07) is 9.70. The average molecular weight is 333 g/mol. The highest BCUT2D eigenvalue weighted by molar-refractivity contribution is 8.15. The third-order valence-corrected chi connectivity index (χ3v) is 4.93. The van der Waals surface area contributed by atoms with Crippen LogP contribution in [0.3, 0.4) is 0 Å². The zero-order valence-corrected chi connectivity index (χ0v) is 13.6. The molecule has 1 saturated heterocycles. The van der Waals surface area contributed by atoms with E-state index in [1.807, 2.05) is 35.2 Å². The molecule has 1 N–H and O–H groups in total. The molecule has 0 radical (unpaired) electrons. The number of ether oxygens (including phenoxy) is 1. The quantitative estimate of drug-likeness (QED) is 0.891. The summed E-state index contributed by atoms with van der Waals surface area (Å²) in [7, 11) is 0. The number of hydrogen-bond donors (Lipinski definition) is 1. The number of hydrogen-bond acceptors (Lipinski definition) is 5. The molecule has 1 unspecified atom stereocenters. The summed E-state index contributed by atoms with van der Waals surface area (Å²) in [5, 5.41) is 3.16. The van der Waals surface area contributed by atoms with Crippen LogP contribution in [0.5, 0.6) is 0 Å². The van der Waals surface area contributed by atoms with Crippen LogP contribution in [0.1, 0.15) is 12.0 Å². The van der Waals surface area contributed by atoms with Crippen molar-refractivity contribution in [1.29, 1.82) is 0 Å². The van der Waals surface area contributed by atoms with Gasteiger partial charge in [0.15, 0.2) is 5.17 Å². The van der Waals surface area contributed by atoms with Gasteiger partial charge in [-0.2, -0.15) is 4.99 Å². The lowest BCUT2D eigenvalue weighted by molar-refractivity contribution is -0.124. The molecule has 23 heavy (non-hydrogen) atoms. The SMILES string of the molecule is O=C(CC1SC(N2CCOCC2)=NC1=O)NCc1ccccc1. The monoisotopic (exact) mass is 333 g/mol. The standard InChI is InChI=1S/C16H19N3O3S/c20-14(17-11-12-4-2-1-3-5-12)10-13-15(21)18-16(23-13)19-6-8-22-9-7-19/h1-5,13H,6-11H2,(H,17,20). The van der Waals surface area contributed by atoms with Crippen LogP contribution in [0.15, 0.2) is 35.3 Å². The second-order valence-electron chi connectivity index (χ2n) is 5.40. The van der Waals surface area contributed by atoms with Gasteiger partial charge in [0, 0.05) is 26.1 Å². The number of carbonyl (C=O) groups excluding carboxylic acids is 2. The number of amides is 2. The predicted octanol–water partition coefficient (Wildman–Crippen LogP) is 1.02. The van der Waals surface area contributed by atoms with E-state index in [4.69, 9.17) is 4.74 Å². The topological polar surface area (TPSA) is 71.0 Å². The zero-order valence-electron chi connectivity index (χ0n) is 12.7. The summed E-state index contributed by atoms with van der Waals surface area (Å²) < 4.78 is 5.30. The third-order valence-electron chi connectivity index (χ3n) is 3.71. The number of thioether (sulfide) groups is 1. The number of benzene rings is 1. The number of rotatable bonds is 4. The van der Waals surface area contributed by atoms with E-state index >= 15 is 0 Å². The van der Waals surface area contributed by atoms with Crippen LogP contribution in [0.2, 0.25) is 0 Å². The summed E-state index contributed by atoms with van der Waals surface area (Å²) in [4.78, 5) is 30.2. The largest absolute Gasteiger partial charge is 0.378 e. The molecular weight excluding hydrogens is 314 g/mol. The molecule has 1 atom stereocenters. The first-order valence-electron chi connectivity index (χ1n) is 7.65. The molecule has 2 aliphatic heterocycles. The third kappa shape index (κ3) is 4.33. The van der Waals surface area contributed by atoms with E-state index in [1.54, 1.807) is 0 Å². The molecule has 1 aromatic carbocycles. The lowest BCUT2D eigenvalue weighted by Crippen LogP contribution is -2.39. The number of amidine groups is 1. The highest BCUT2D eigenvalue weighted by Crippen LogP contribution is 2.27. The lowest BCUT2D eigenvalue weighted by Gasteiger charge is -2.27. The van der Waals surface area contributed by atoms with Crippen LogP contribution in [0.25, 0.3) is 0 Å². The maximum atomic E-state index is 12.0. The van der Waals surface area contributed by atoms with Gasteiger partial charge in [0.05, 0.1) is 13.2 Å². The van der Waals surface area contributed by atoms with Crippen molar-refractivity contribution in [2.24, 2.45) is 4.99 Å². The predicted molar refractivity (Wildman–Crippen MR) is 89.1 cm³/mol. The summed E-state index contributed by atoms with van der Waals surface area (Å²) in [6.45, 7) is 3.26. The normalized spacial score (nSPS) is 21.2. The van der Waals surface area contributed by atoms with Gasteiger partial charge in [-0.3, -0.25) is 9.59 Å². The fourth-order valence-electron chi connectivity index (χ4n) is 2.44. The fourth-order valence-corrected chi connectivity index (χ4v) is 3.55. The van der Waals surface area contributed by atoms with Gasteiger partial charge >= 0.3 is 0 Å². The van der Waals surface area contributed by atoms with E-state index in [-0.39, 0.29) is 18.2 Å². The summed E-state index contributed by atoms with van der Waals surface area (Å²) in [5.74, 6) is -0.343. The first kappa shape index (κ1) is 16.0. The molecule has 1 fully saturated rings. The molecule has 122 valence electrons. The summed E-state index contributed by atoms with van der Waals surface area (Å²) in [6.07, 6.45) is 0.160. The molecular formula is C16H19N3O3S.